The van der Waals surface area contributed by atoms with Crippen LogP contribution >= 0.6 is 0 Å². The molecule has 0 aromatic heterocycles. The van der Waals surface area contributed by atoms with Gasteiger partial charge in [-0.05, 0) is 52.0 Å². The first-order valence-corrected chi connectivity index (χ1v) is 8.66. The van der Waals surface area contributed by atoms with Gasteiger partial charge in [-0.25, -0.2) is 0 Å². The standard InChI is InChI=1S/C17H31NO2/c1-18-13-16(7-5-11-19-14-16)12-15-6-10-17(20-15)8-3-2-4-9-17/h15,18H,2-14H2,1H3. The molecular weight excluding hydrogens is 250 g/mol. The summed E-state index contributed by atoms with van der Waals surface area (Å²) in [7, 11) is 2.06. The highest BCUT2D eigenvalue weighted by molar-refractivity contribution is 4.95. The Hall–Kier alpha value is -0.120. The average molecular weight is 281 g/mol. The van der Waals surface area contributed by atoms with E-state index in [4.69, 9.17) is 9.47 Å². The van der Waals surface area contributed by atoms with Crippen molar-refractivity contribution < 1.29 is 9.47 Å². The van der Waals surface area contributed by atoms with Gasteiger partial charge in [0.1, 0.15) is 0 Å². The molecule has 0 aromatic rings. The molecule has 2 aliphatic heterocycles. The summed E-state index contributed by atoms with van der Waals surface area (Å²) in [6.07, 6.45) is 13.5. The molecule has 3 aliphatic rings. The normalized spacial score (nSPS) is 37.4. The molecule has 1 N–H and O–H groups in total. The van der Waals surface area contributed by atoms with Gasteiger partial charge in [-0.1, -0.05) is 19.3 Å². The minimum atomic E-state index is 0.263. The molecule has 2 unspecified atom stereocenters. The van der Waals surface area contributed by atoms with E-state index < -0.39 is 0 Å². The van der Waals surface area contributed by atoms with Crippen LogP contribution < -0.4 is 5.32 Å². The van der Waals surface area contributed by atoms with E-state index in [9.17, 15) is 0 Å². The minimum Gasteiger partial charge on any atom is -0.381 e. The lowest BCUT2D eigenvalue weighted by Crippen LogP contribution is -2.43. The van der Waals surface area contributed by atoms with Crippen LogP contribution in [0.4, 0.5) is 0 Å². The summed E-state index contributed by atoms with van der Waals surface area (Å²) in [6.45, 7) is 2.93. The predicted molar refractivity (Wildman–Crippen MR) is 81.0 cm³/mol. The van der Waals surface area contributed by atoms with Crippen molar-refractivity contribution >= 4 is 0 Å². The van der Waals surface area contributed by atoms with Gasteiger partial charge < -0.3 is 14.8 Å². The predicted octanol–water partition coefficient (Wildman–Crippen LogP) is 3.27. The number of hydrogen-bond acceptors (Lipinski definition) is 3. The summed E-state index contributed by atoms with van der Waals surface area (Å²) < 4.78 is 12.4. The summed E-state index contributed by atoms with van der Waals surface area (Å²) in [6, 6.07) is 0. The van der Waals surface area contributed by atoms with E-state index in [1.807, 2.05) is 0 Å². The van der Waals surface area contributed by atoms with Crippen LogP contribution in [0.3, 0.4) is 0 Å². The van der Waals surface area contributed by atoms with E-state index in [0.717, 1.165) is 19.8 Å². The maximum atomic E-state index is 6.58. The Kier molecular flexibility index (Phi) is 4.68. The van der Waals surface area contributed by atoms with Gasteiger partial charge in [0, 0.05) is 18.6 Å². The van der Waals surface area contributed by atoms with Crippen LogP contribution in [0.2, 0.25) is 0 Å². The van der Waals surface area contributed by atoms with Crippen molar-refractivity contribution in [3.05, 3.63) is 0 Å². The maximum absolute atomic E-state index is 6.58. The maximum Gasteiger partial charge on any atom is 0.0687 e. The van der Waals surface area contributed by atoms with Crippen molar-refractivity contribution in [2.24, 2.45) is 5.41 Å². The Morgan fingerprint density at radius 2 is 1.90 bits per heavy atom. The van der Waals surface area contributed by atoms with Crippen LogP contribution in [0.25, 0.3) is 0 Å². The average Bonchev–Trinajstić information content (AvgIpc) is 2.83. The fourth-order valence-electron chi connectivity index (χ4n) is 4.74. The lowest BCUT2D eigenvalue weighted by molar-refractivity contribution is -0.0939. The van der Waals surface area contributed by atoms with E-state index in [2.05, 4.69) is 12.4 Å². The topological polar surface area (TPSA) is 30.5 Å². The Bertz CT molecular complexity index is 301. The van der Waals surface area contributed by atoms with E-state index >= 15 is 0 Å². The van der Waals surface area contributed by atoms with Crippen molar-refractivity contribution in [1.29, 1.82) is 0 Å². The molecule has 3 fully saturated rings. The quantitative estimate of drug-likeness (QED) is 0.858. The highest BCUT2D eigenvalue weighted by Crippen LogP contribution is 2.45. The first-order chi connectivity index (χ1) is 9.76. The van der Waals surface area contributed by atoms with E-state index in [1.165, 1.54) is 64.2 Å². The Morgan fingerprint density at radius 3 is 2.60 bits per heavy atom. The van der Waals surface area contributed by atoms with Crippen LogP contribution in [0.5, 0.6) is 0 Å². The highest BCUT2D eigenvalue weighted by atomic mass is 16.5. The minimum absolute atomic E-state index is 0.263. The van der Waals surface area contributed by atoms with Crippen molar-refractivity contribution in [1.82, 2.24) is 5.32 Å². The molecule has 1 spiro atoms. The zero-order chi connectivity index (χ0) is 13.9. The fraction of sp³-hybridized carbons (Fsp3) is 1.00. The number of nitrogens with one attached hydrogen (secondary N) is 1. The second-order valence-corrected chi connectivity index (χ2v) is 7.41. The smallest absolute Gasteiger partial charge is 0.0687 e. The molecule has 3 heteroatoms. The molecular formula is C17H31NO2. The van der Waals surface area contributed by atoms with Crippen LogP contribution in [0.15, 0.2) is 0 Å². The molecule has 2 saturated heterocycles. The van der Waals surface area contributed by atoms with Crippen molar-refractivity contribution in [2.45, 2.75) is 75.9 Å². The monoisotopic (exact) mass is 281 g/mol. The summed E-state index contributed by atoms with van der Waals surface area (Å²) in [5.74, 6) is 0. The van der Waals surface area contributed by atoms with E-state index in [0.29, 0.717) is 11.5 Å². The van der Waals surface area contributed by atoms with Gasteiger partial charge in [-0.15, -0.1) is 0 Å². The van der Waals surface area contributed by atoms with Crippen LogP contribution in [0.1, 0.15) is 64.2 Å². The third-order valence-electron chi connectivity index (χ3n) is 5.72. The molecule has 0 bridgehead atoms. The largest absolute Gasteiger partial charge is 0.381 e. The SMILES string of the molecule is CNCC1(CC2CCC3(CCCCC3)O2)CCCOC1. The first kappa shape index (κ1) is 14.8. The Labute approximate surface area is 123 Å². The number of hydrogen-bond donors (Lipinski definition) is 1. The van der Waals surface area contributed by atoms with Gasteiger partial charge in [0.05, 0.1) is 18.3 Å². The second kappa shape index (κ2) is 6.33. The molecule has 0 amide bonds. The lowest BCUT2D eigenvalue weighted by atomic mass is 9.77. The molecule has 0 aromatic carbocycles. The number of ether oxygens (including phenoxy) is 2. The molecule has 1 saturated carbocycles. The third kappa shape index (κ3) is 3.20. The Morgan fingerprint density at radius 1 is 1.05 bits per heavy atom. The molecule has 2 atom stereocenters. The van der Waals surface area contributed by atoms with Crippen LogP contribution in [-0.4, -0.2) is 38.5 Å². The molecule has 0 radical (unpaired) electrons. The first-order valence-electron chi connectivity index (χ1n) is 8.66. The highest BCUT2D eigenvalue weighted by Gasteiger charge is 2.44. The second-order valence-electron chi connectivity index (χ2n) is 7.41. The van der Waals surface area contributed by atoms with Gasteiger partial charge >= 0.3 is 0 Å². The molecule has 116 valence electrons. The molecule has 20 heavy (non-hydrogen) atoms. The Balaban J connectivity index is 1.59. The summed E-state index contributed by atoms with van der Waals surface area (Å²) >= 11 is 0. The third-order valence-corrected chi connectivity index (χ3v) is 5.72. The zero-order valence-electron chi connectivity index (χ0n) is 13.1. The molecule has 3 rings (SSSR count). The van der Waals surface area contributed by atoms with Gasteiger partial charge in [0.15, 0.2) is 0 Å². The summed E-state index contributed by atoms with van der Waals surface area (Å²) in [5, 5.41) is 3.39. The van der Waals surface area contributed by atoms with Gasteiger partial charge in [-0.2, -0.15) is 0 Å². The van der Waals surface area contributed by atoms with Gasteiger partial charge in [0.25, 0.3) is 0 Å². The van der Waals surface area contributed by atoms with E-state index in [-0.39, 0.29) is 5.60 Å². The molecule has 3 nitrogen and oxygen atoms in total. The molecule has 1 aliphatic carbocycles. The van der Waals surface area contributed by atoms with Crippen LogP contribution in [0, 0.1) is 5.41 Å². The van der Waals surface area contributed by atoms with E-state index in [1.54, 1.807) is 0 Å². The fourth-order valence-corrected chi connectivity index (χ4v) is 4.74. The van der Waals surface area contributed by atoms with Gasteiger partial charge in [0.2, 0.25) is 0 Å². The van der Waals surface area contributed by atoms with Gasteiger partial charge in [-0.3, -0.25) is 0 Å². The summed E-state index contributed by atoms with van der Waals surface area (Å²) in [5.41, 5.74) is 0.580. The van der Waals surface area contributed by atoms with Crippen molar-refractivity contribution in [3.63, 3.8) is 0 Å². The van der Waals surface area contributed by atoms with Crippen LogP contribution in [-0.2, 0) is 9.47 Å². The van der Waals surface area contributed by atoms with Crippen molar-refractivity contribution in [2.75, 3.05) is 26.8 Å². The van der Waals surface area contributed by atoms with Crippen molar-refractivity contribution in [3.8, 4) is 0 Å². The zero-order valence-corrected chi connectivity index (χ0v) is 13.1. The lowest BCUT2D eigenvalue weighted by Gasteiger charge is -2.40. The number of rotatable bonds is 4. The molecule has 2 heterocycles. The summed E-state index contributed by atoms with van der Waals surface area (Å²) in [4.78, 5) is 0.